The molecule has 0 saturated heterocycles. The van der Waals surface area contributed by atoms with Gasteiger partial charge in [0, 0.05) is 16.5 Å². The SMILES string of the molecule is Cc1ccc(-c2cc3c(N)ncc(C(N)=O)c3s2)cc1. The molecule has 0 fully saturated rings. The van der Waals surface area contributed by atoms with E-state index in [2.05, 4.69) is 17.1 Å². The van der Waals surface area contributed by atoms with Crippen molar-refractivity contribution in [3.05, 3.63) is 47.7 Å². The Bertz CT molecular complexity index is 806. The summed E-state index contributed by atoms with van der Waals surface area (Å²) < 4.78 is 0.792. The lowest BCUT2D eigenvalue weighted by molar-refractivity contribution is 0.100. The van der Waals surface area contributed by atoms with E-state index in [1.807, 2.05) is 25.1 Å². The van der Waals surface area contributed by atoms with Gasteiger partial charge in [0.15, 0.2) is 0 Å². The fourth-order valence-corrected chi connectivity index (χ4v) is 3.27. The maximum Gasteiger partial charge on any atom is 0.251 e. The van der Waals surface area contributed by atoms with Crippen LogP contribution in [0.15, 0.2) is 36.5 Å². The third-order valence-electron chi connectivity index (χ3n) is 3.19. The molecular formula is C15H13N3OS. The van der Waals surface area contributed by atoms with Crippen LogP contribution >= 0.6 is 11.3 Å². The second-order valence-corrected chi connectivity index (χ2v) is 5.69. The number of pyridine rings is 1. The molecule has 0 atom stereocenters. The zero-order valence-corrected chi connectivity index (χ0v) is 11.7. The van der Waals surface area contributed by atoms with Gasteiger partial charge in [-0.2, -0.15) is 0 Å². The number of fused-ring (bicyclic) bond motifs is 1. The summed E-state index contributed by atoms with van der Waals surface area (Å²) in [6.45, 7) is 2.04. The van der Waals surface area contributed by atoms with Gasteiger partial charge in [-0.25, -0.2) is 4.98 Å². The normalized spacial score (nSPS) is 10.8. The van der Waals surface area contributed by atoms with E-state index >= 15 is 0 Å². The molecule has 2 heterocycles. The predicted molar refractivity (Wildman–Crippen MR) is 82.7 cm³/mol. The van der Waals surface area contributed by atoms with Crippen molar-refractivity contribution in [2.45, 2.75) is 6.92 Å². The predicted octanol–water partition coefficient (Wildman–Crippen LogP) is 2.95. The number of carbonyl (C=O) groups is 1. The van der Waals surface area contributed by atoms with Crippen LogP contribution in [0.3, 0.4) is 0 Å². The van der Waals surface area contributed by atoms with E-state index in [9.17, 15) is 4.79 Å². The monoisotopic (exact) mass is 283 g/mol. The van der Waals surface area contributed by atoms with Crippen LogP contribution in [-0.2, 0) is 0 Å². The van der Waals surface area contributed by atoms with Gasteiger partial charge in [0.1, 0.15) is 5.82 Å². The molecule has 0 bridgehead atoms. The average molecular weight is 283 g/mol. The molecule has 3 rings (SSSR count). The van der Waals surface area contributed by atoms with Crippen molar-refractivity contribution in [2.75, 3.05) is 5.73 Å². The number of aromatic nitrogens is 1. The molecule has 100 valence electrons. The first-order valence-electron chi connectivity index (χ1n) is 6.11. The summed E-state index contributed by atoms with van der Waals surface area (Å²) in [4.78, 5) is 16.5. The number of aryl methyl sites for hydroxylation is 1. The lowest BCUT2D eigenvalue weighted by atomic mass is 10.1. The van der Waals surface area contributed by atoms with E-state index in [0.717, 1.165) is 20.5 Å². The number of thiophene rings is 1. The second kappa shape index (κ2) is 4.61. The van der Waals surface area contributed by atoms with Gasteiger partial charge in [0.05, 0.1) is 10.3 Å². The maximum absolute atomic E-state index is 11.5. The molecule has 5 heteroatoms. The lowest BCUT2D eigenvalue weighted by Gasteiger charge is -1.99. The highest BCUT2D eigenvalue weighted by Gasteiger charge is 2.14. The van der Waals surface area contributed by atoms with Crippen molar-refractivity contribution in [3.8, 4) is 10.4 Å². The summed E-state index contributed by atoms with van der Waals surface area (Å²) in [5, 5.41) is 0.780. The Morgan fingerprint density at radius 1 is 1.25 bits per heavy atom. The number of hydrogen-bond donors (Lipinski definition) is 2. The maximum atomic E-state index is 11.5. The summed E-state index contributed by atoms with van der Waals surface area (Å²) in [6, 6.07) is 10.2. The van der Waals surface area contributed by atoms with Crippen LogP contribution < -0.4 is 11.5 Å². The van der Waals surface area contributed by atoms with Crippen LogP contribution in [0.25, 0.3) is 20.5 Å². The van der Waals surface area contributed by atoms with Crippen LogP contribution in [0.1, 0.15) is 15.9 Å². The number of hydrogen-bond acceptors (Lipinski definition) is 4. The number of carbonyl (C=O) groups excluding carboxylic acids is 1. The minimum Gasteiger partial charge on any atom is -0.383 e. The van der Waals surface area contributed by atoms with E-state index in [0.29, 0.717) is 11.4 Å². The zero-order valence-electron chi connectivity index (χ0n) is 10.9. The van der Waals surface area contributed by atoms with Gasteiger partial charge in [-0.3, -0.25) is 4.79 Å². The van der Waals surface area contributed by atoms with Crippen molar-refractivity contribution >= 4 is 33.1 Å². The summed E-state index contributed by atoms with van der Waals surface area (Å²) >= 11 is 1.50. The Balaban J connectivity index is 2.24. The lowest BCUT2D eigenvalue weighted by Crippen LogP contribution is -2.11. The number of primary amides is 1. The number of nitrogen functional groups attached to an aromatic ring is 1. The van der Waals surface area contributed by atoms with E-state index in [4.69, 9.17) is 11.5 Å². The minimum absolute atomic E-state index is 0.414. The molecule has 0 radical (unpaired) electrons. The van der Waals surface area contributed by atoms with Gasteiger partial charge >= 0.3 is 0 Å². The summed E-state index contributed by atoms with van der Waals surface area (Å²) in [5.41, 5.74) is 14.0. The summed E-state index contributed by atoms with van der Waals surface area (Å²) in [6.07, 6.45) is 1.44. The Morgan fingerprint density at radius 3 is 2.60 bits per heavy atom. The van der Waals surface area contributed by atoms with Gasteiger partial charge < -0.3 is 11.5 Å². The third kappa shape index (κ3) is 2.02. The second-order valence-electron chi connectivity index (χ2n) is 4.64. The molecule has 20 heavy (non-hydrogen) atoms. The molecule has 3 aromatic rings. The summed E-state index contributed by atoms with van der Waals surface area (Å²) in [5.74, 6) is -0.0700. The first-order chi connectivity index (χ1) is 9.56. The molecule has 0 saturated carbocycles. The molecule has 0 aliphatic heterocycles. The highest BCUT2D eigenvalue weighted by atomic mass is 32.1. The Hall–Kier alpha value is -2.40. The highest BCUT2D eigenvalue weighted by molar-refractivity contribution is 7.22. The standard InChI is InChI=1S/C15H13N3OS/c1-8-2-4-9(5-3-8)12-6-10-13(20-12)11(15(17)19)7-18-14(10)16/h2-7H,1H3,(H2,16,18)(H2,17,19). The molecule has 0 spiro atoms. The fraction of sp³-hybridized carbons (Fsp3) is 0.0667. The smallest absolute Gasteiger partial charge is 0.251 e. The van der Waals surface area contributed by atoms with Crippen LogP contribution in [-0.4, -0.2) is 10.9 Å². The molecule has 4 N–H and O–H groups in total. The topological polar surface area (TPSA) is 82.0 Å². The van der Waals surface area contributed by atoms with Gasteiger partial charge in [-0.1, -0.05) is 29.8 Å². The molecule has 0 aliphatic rings. The van der Waals surface area contributed by atoms with Crippen molar-refractivity contribution in [2.24, 2.45) is 5.73 Å². The first kappa shape index (κ1) is 12.6. The first-order valence-corrected chi connectivity index (χ1v) is 6.93. The van der Waals surface area contributed by atoms with Crippen molar-refractivity contribution < 1.29 is 4.79 Å². The van der Waals surface area contributed by atoms with Crippen LogP contribution in [0.4, 0.5) is 5.82 Å². The number of nitrogens with zero attached hydrogens (tertiary/aromatic N) is 1. The van der Waals surface area contributed by atoms with Crippen molar-refractivity contribution in [1.82, 2.24) is 4.98 Å². The largest absolute Gasteiger partial charge is 0.383 e. The van der Waals surface area contributed by atoms with Crippen LogP contribution in [0.5, 0.6) is 0 Å². The Labute approximate surface area is 120 Å². The molecule has 0 aliphatic carbocycles. The average Bonchev–Trinajstić information content (AvgIpc) is 2.85. The quantitative estimate of drug-likeness (QED) is 0.758. The molecule has 0 unspecified atom stereocenters. The van der Waals surface area contributed by atoms with Crippen LogP contribution in [0, 0.1) is 6.92 Å². The van der Waals surface area contributed by atoms with Gasteiger partial charge in [0.2, 0.25) is 0 Å². The number of rotatable bonds is 2. The Morgan fingerprint density at radius 2 is 1.95 bits per heavy atom. The minimum atomic E-state index is -0.486. The van der Waals surface area contributed by atoms with Crippen LogP contribution in [0.2, 0.25) is 0 Å². The van der Waals surface area contributed by atoms with E-state index < -0.39 is 5.91 Å². The molecule has 4 nitrogen and oxygen atoms in total. The molecule has 1 amide bonds. The van der Waals surface area contributed by atoms with E-state index in [1.54, 1.807) is 0 Å². The van der Waals surface area contributed by atoms with E-state index in [-0.39, 0.29) is 0 Å². The number of amides is 1. The number of anilines is 1. The van der Waals surface area contributed by atoms with Crippen molar-refractivity contribution in [1.29, 1.82) is 0 Å². The number of nitrogens with two attached hydrogens (primary N) is 2. The molecule has 2 aromatic heterocycles. The number of benzene rings is 1. The molecular weight excluding hydrogens is 270 g/mol. The fourth-order valence-electron chi connectivity index (χ4n) is 2.08. The summed E-state index contributed by atoms with van der Waals surface area (Å²) in [7, 11) is 0. The zero-order chi connectivity index (χ0) is 14.3. The highest BCUT2D eigenvalue weighted by Crippen LogP contribution is 2.37. The molecule has 1 aromatic carbocycles. The third-order valence-corrected chi connectivity index (χ3v) is 4.40. The van der Waals surface area contributed by atoms with Crippen molar-refractivity contribution in [3.63, 3.8) is 0 Å². The Kier molecular flexibility index (Phi) is 2.91. The van der Waals surface area contributed by atoms with Gasteiger partial charge in [-0.05, 0) is 18.6 Å². The van der Waals surface area contributed by atoms with Gasteiger partial charge in [0.25, 0.3) is 5.91 Å². The van der Waals surface area contributed by atoms with E-state index in [1.165, 1.54) is 23.1 Å². The van der Waals surface area contributed by atoms with Gasteiger partial charge in [-0.15, -0.1) is 11.3 Å².